The molecule has 2 aromatic rings. The summed E-state index contributed by atoms with van der Waals surface area (Å²) in [5, 5.41) is 7.37. The monoisotopic (exact) mass is 217 g/mol. The first kappa shape index (κ1) is 10.6. The van der Waals surface area contributed by atoms with Crippen LogP contribution in [0.15, 0.2) is 18.5 Å². The molecule has 0 unspecified atom stereocenters. The average molecular weight is 217 g/mol. The first-order chi connectivity index (χ1) is 7.66. The van der Waals surface area contributed by atoms with Crippen LogP contribution in [-0.2, 0) is 13.6 Å². The van der Waals surface area contributed by atoms with E-state index in [-0.39, 0.29) is 0 Å². The first-order valence-corrected chi connectivity index (χ1v) is 5.18. The molecule has 0 aliphatic rings. The molecule has 0 fully saturated rings. The van der Waals surface area contributed by atoms with Gasteiger partial charge in [0.15, 0.2) is 0 Å². The molecular weight excluding hydrogens is 202 g/mol. The van der Waals surface area contributed by atoms with E-state index in [0.29, 0.717) is 6.54 Å². The van der Waals surface area contributed by atoms with Gasteiger partial charge in [-0.05, 0) is 19.9 Å². The highest BCUT2D eigenvalue weighted by Crippen LogP contribution is 2.10. The summed E-state index contributed by atoms with van der Waals surface area (Å²) in [6.45, 7) is 4.58. The molecule has 0 aromatic carbocycles. The third-order valence-corrected chi connectivity index (χ3v) is 2.44. The number of hydrogen-bond donors (Lipinski definition) is 1. The fourth-order valence-electron chi connectivity index (χ4n) is 1.45. The van der Waals surface area contributed by atoms with Gasteiger partial charge in [-0.1, -0.05) is 0 Å². The Morgan fingerprint density at radius 3 is 2.88 bits per heavy atom. The van der Waals surface area contributed by atoms with Gasteiger partial charge in [0.1, 0.15) is 5.82 Å². The van der Waals surface area contributed by atoms with Crippen molar-refractivity contribution in [2.24, 2.45) is 7.05 Å². The molecule has 0 radical (unpaired) electrons. The number of rotatable bonds is 3. The minimum atomic E-state index is 0.704. The average Bonchev–Trinajstić information content (AvgIpc) is 2.66. The van der Waals surface area contributed by atoms with Gasteiger partial charge in [0.05, 0.1) is 23.6 Å². The van der Waals surface area contributed by atoms with Crippen molar-refractivity contribution in [1.82, 2.24) is 19.7 Å². The van der Waals surface area contributed by atoms with Crippen LogP contribution in [-0.4, -0.2) is 19.7 Å². The maximum atomic E-state index is 4.40. The second-order valence-electron chi connectivity index (χ2n) is 3.75. The molecule has 2 heterocycles. The summed E-state index contributed by atoms with van der Waals surface area (Å²) in [4.78, 5) is 8.65. The first-order valence-electron chi connectivity index (χ1n) is 5.18. The van der Waals surface area contributed by atoms with Crippen molar-refractivity contribution < 1.29 is 0 Å². The van der Waals surface area contributed by atoms with Crippen molar-refractivity contribution in [3.05, 3.63) is 35.5 Å². The highest BCUT2D eigenvalue weighted by Gasteiger charge is 2.03. The predicted octanol–water partition coefficient (Wildman–Crippen LogP) is 1.44. The third kappa shape index (κ3) is 2.18. The lowest BCUT2D eigenvalue weighted by molar-refractivity contribution is 0.719. The van der Waals surface area contributed by atoms with E-state index >= 15 is 0 Å². The largest absolute Gasteiger partial charge is 0.363 e. The maximum Gasteiger partial charge on any atom is 0.148 e. The van der Waals surface area contributed by atoms with E-state index in [2.05, 4.69) is 20.4 Å². The molecule has 0 aliphatic carbocycles. The third-order valence-electron chi connectivity index (χ3n) is 2.44. The van der Waals surface area contributed by atoms with Crippen LogP contribution in [0.5, 0.6) is 0 Å². The van der Waals surface area contributed by atoms with Crippen molar-refractivity contribution in [2.75, 3.05) is 5.32 Å². The van der Waals surface area contributed by atoms with Crippen LogP contribution in [0.25, 0.3) is 0 Å². The highest BCUT2D eigenvalue weighted by molar-refractivity contribution is 5.39. The Hall–Kier alpha value is -1.91. The van der Waals surface area contributed by atoms with Crippen LogP contribution in [0, 0.1) is 13.8 Å². The van der Waals surface area contributed by atoms with Gasteiger partial charge in [-0.2, -0.15) is 5.10 Å². The van der Waals surface area contributed by atoms with Crippen LogP contribution in [0.4, 0.5) is 5.82 Å². The van der Waals surface area contributed by atoms with E-state index in [4.69, 9.17) is 0 Å². The number of aryl methyl sites for hydroxylation is 3. The minimum Gasteiger partial charge on any atom is -0.363 e. The number of anilines is 1. The van der Waals surface area contributed by atoms with Gasteiger partial charge in [-0.25, -0.2) is 4.98 Å². The smallest absolute Gasteiger partial charge is 0.148 e. The molecule has 0 saturated carbocycles. The van der Waals surface area contributed by atoms with Gasteiger partial charge in [0, 0.05) is 19.4 Å². The summed E-state index contributed by atoms with van der Waals surface area (Å²) in [6, 6.07) is 1.98. The minimum absolute atomic E-state index is 0.704. The summed E-state index contributed by atoms with van der Waals surface area (Å²) in [5.74, 6) is 0.834. The number of nitrogens with zero attached hydrogens (tertiary/aromatic N) is 4. The molecule has 0 saturated heterocycles. The summed E-state index contributed by atoms with van der Waals surface area (Å²) >= 11 is 0. The van der Waals surface area contributed by atoms with E-state index in [1.807, 2.05) is 31.6 Å². The van der Waals surface area contributed by atoms with Gasteiger partial charge >= 0.3 is 0 Å². The van der Waals surface area contributed by atoms with Gasteiger partial charge in [0.25, 0.3) is 0 Å². The van der Waals surface area contributed by atoms with Crippen molar-refractivity contribution >= 4 is 5.82 Å². The molecule has 1 N–H and O–H groups in total. The predicted molar refractivity (Wildman–Crippen MR) is 62.0 cm³/mol. The second kappa shape index (κ2) is 4.30. The normalized spacial score (nSPS) is 10.4. The van der Waals surface area contributed by atoms with E-state index < -0.39 is 0 Å². The summed E-state index contributed by atoms with van der Waals surface area (Å²) in [6.07, 6.45) is 3.55. The Morgan fingerprint density at radius 2 is 2.19 bits per heavy atom. The number of hydrogen-bond acceptors (Lipinski definition) is 4. The molecule has 16 heavy (non-hydrogen) atoms. The van der Waals surface area contributed by atoms with Crippen molar-refractivity contribution in [3.8, 4) is 0 Å². The zero-order valence-corrected chi connectivity index (χ0v) is 9.73. The Kier molecular flexibility index (Phi) is 2.85. The van der Waals surface area contributed by atoms with Gasteiger partial charge < -0.3 is 5.32 Å². The standard InChI is InChI=1S/C11H15N5/c1-8-6-12-9(2)11(15-8)13-7-10-4-5-14-16(10)3/h4-6H,7H2,1-3H3,(H,13,15). The molecule has 0 bridgehead atoms. The Bertz CT molecular complexity index is 489. The molecule has 0 spiro atoms. The number of aromatic nitrogens is 4. The molecule has 2 aromatic heterocycles. The van der Waals surface area contributed by atoms with Gasteiger partial charge in [-0.15, -0.1) is 0 Å². The Labute approximate surface area is 94.5 Å². The maximum absolute atomic E-state index is 4.40. The van der Waals surface area contributed by atoms with E-state index in [1.165, 1.54) is 0 Å². The lowest BCUT2D eigenvalue weighted by atomic mass is 10.3. The second-order valence-corrected chi connectivity index (χ2v) is 3.75. The van der Waals surface area contributed by atoms with E-state index in [0.717, 1.165) is 22.9 Å². The van der Waals surface area contributed by atoms with Gasteiger partial charge in [-0.3, -0.25) is 9.67 Å². The lowest BCUT2D eigenvalue weighted by Crippen LogP contribution is -2.08. The van der Waals surface area contributed by atoms with Crippen molar-refractivity contribution in [3.63, 3.8) is 0 Å². The molecule has 0 atom stereocenters. The Balaban J connectivity index is 2.10. The van der Waals surface area contributed by atoms with Crippen molar-refractivity contribution in [2.45, 2.75) is 20.4 Å². The molecule has 0 aliphatic heterocycles. The van der Waals surface area contributed by atoms with Crippen LogP contribution >= 0.6 is 0 Å². The zero-order chi connectivity index (χ0) is 11.5. The molecule has 5 heteroatoms. The fraction of sp³-hybridized carbons (Fsp3) is 0.364. The van der Waals surface area contributed by atoms with E-state index in [9.17, 15) is 0 Å². The van der Waals surface area contributed by atoms with Crippen LogP contribution in [0.2, 0.25) is 0 Å². The van der Waals surface area contributed by atoms with Crippen LogP contribution in [0.1, 0.15) is 17.1 Å². The summed E-state index contributed by atoms with van der Waals surface area (Å²) < 4.78 is 1.84. The topological polar surface area (TPSA) is 55.6 Å². The van der Waals surface area contributed by atoms with E-state index in [1.54, 1.807) is 12.4 Å². The Morgan fingerprint density at radius 1 is 1.38 bits per heavy atom. The quantitative estimate of drug-likeness (QED) is 0.845. The number of nitrogens with one attached hydrogen (secondary N) is 1. The molecule has 0 amide bonds. The summed E-state index contributed by atoms with van der Waals surface area (Å²) in [5.41, 5.74) is 2.94. The van der Waals surface area contributed by atoms with Crippen LogP contribution in [0.3, 0.4) is 0 Å². The lowest BCUT2D eigenvalue weighted by Gasteiger charge is -2.08. The molecular formula is C11H15N5. The van der Waals surface area contributed by atoms with Crippen molar-refractivity contribution in [1.29, 1.82) is 0 Å². The zero-order valence-electron chi connectivity index (χ0n) is 9.73. The molecule has 5 nitrogen and oxygen atoms in total. The fourth-order valence-corrected chi connectivity index (χ4v) is 1.45. The molecule has 2 rings (SSSR count). The summed E-state index contributed by atoms with van der Waals surface area (Å²) in [7, 11) is 1.92. The highest BCUT2D eigenvalue weighted by atomic mass is 15.3. The van der Waals surface area contributed by atoms with Crippen LogP contribution < -0.4 is 5.32 Å². The molecule has 84 valence electrons. The SMILES string of the molecule is Cc1cnc(C)c(NCc2ccnn2C)n1. The van der Waals surface area contributed by atoms with Gasteiger partial charge in [0.2, 0.25) is 0 Å².